The van der Waals surface area contributed by atoms with E-state index in [4.69, 9.17) is 6.42 Å². The smallest absolute Gasteiger partial charge is 0.0262 e. The van der Waals surface area contributed by atoms with Crippen LogP contribution in [-0.4, -0.2) is 4.57 Å². The molecule has 1 aromatic heterocycles. The van der Waals surface area contributed by atoms with Crippen molar-refractivity contribution in [2.24, 2.45) is 0 Å². The van der Waals surface area contributed by atoms with Crippen molar-refractivity contribution in [1.82, 2.24) is 4.57 Å². The molecule has 0 bridgehead atoms. The highest BCUT2D eigenvalue weighted by molar-refractivity contribution is 5.83. The van der Waals surface area contributed by atoms with Crippen molar-refractivity contribution in [1.29, 1.82) is 0 Å². The van der Waals surface area contributed by atoms with Crippen molar-refractivity contribution in [2.75, 3.05) is 0 Å². The molecule has 90 valence electrons. The van der Waals surface area contributed by atoms with Gasteiger partial charge in [-0.1, -0.05) is 67.1 Å². The molecule has 0 saturated carbocycles. The molecular weight excluding hydrogens is 230 g/mol. The van der Waals surface area contributed by atoms with E-state index in [9.17, 15) is 0 Å². The summed E-state index contributed by atoms with van der Waals surface area (Å²) in [6.07, 6.45) is 9.50. The largest absolute Gasteiger partial charge is 0.283 e. The maximum Gasteiger partial charge on any atom is 0.0262 e. The van der Waals surface area contributed by atoms with E-state index in [1.54, 1.807) is 4.57 Å². The van der Waals surface area contributed by atoms with Crippen LogP contribution in [0.25, 0.3) is 22.3 Å². The molecule has 1 nitrogen and oxygen atoms in total. The summed E-state index contributed by atoms with van der Waals surface area (Å²) >= 11 is 0. The van der Waals surface area contributed by atoms with Crippen molar-refractivity contribution in [3.05, 3.63) is 73.1 Å². The van der Waals surface area contributed by atoms with Crippen molar-refractivity contribution in [2.45, 2.75) is 0 Å². The van der Waals surface area contributed by atoms with E-state index in [0.717, 1.165) is 11.1 Å². The highest BCUT2D eigenvalue weighted by Gasteiger charge is 2.09. The minimum Gasteiger partial charge on any atom is -0.283 e. The third-order valence-electron chi connectivity index (χ3n) is 3.15. The third kappa shape index (κ3) is 2.17. The Morgan fingerprint density at radius 3 is 1.47 bits per heavy atom. The minimum atomic E-state index is 1.16. The Hall–Kier alpha value is -2.72. The van der Waals surface area contributed by atoms with Gasteiger partial charge in [0.2, 0.25) is 0 Å². The van der Waals surface area contributed by atoms with Gasteiger partial charge in [-0.15, -0.1) is 0 Å². The Morgan fingerprint density at radius 2 is 1.11 bits per heavy atom. The van der Waals surface area contributed by atoms with Gasteiger partial charge < -0.3 is 0 Å². The van der Waals surface area contributed by atoms with Gasteiger partial charge >= 0.3 is 0 Å². The summed E-state index contributed by atoms with van der Waals surface area (Å²) in [6, 6.07) is 23.2. The molecule has 0 aliphatic heterocycles. The topological polar surface area (TPSA) is 4.93 Å². The molecule has 0 saturated heterocycles. The lowest BCUT2D eigenvalue weighted by atomic mass is 9.99. The zero-order valence-corrected chi connectivity index (χ0v) is 10.5. The molecule has 0 aliphatic rings. The molecule has 2 aromatic carbocycles. The Morgan fingerprint density at radius 1 is 0.684 bits per heavy atom. The quantitative estimate of drug-likeness (QED) is 0.593. The third-order valence-corrected chi connectivity index (χ3v) is 3.15. The summed E-state index contributed by atoms with van der Waals surface area (Å²) in [5, 5.41) is 0. The standard InChI is InChI=1S/C18H13N/c1-2-19-13-17(15-9-5-3-6-10-15)18(14-19)16-11-7-4-8-12-16/h1,3-14H. The van der Waals surface area contributed by atoms with E-state index in [2.05, 4.69) is 30.3 Å². The van der Waals surface area contributed by atoms with Gasteiger partial charge in [-0.3, -0.25) is 4.57 Å². The highest BCUT2D eigenvalue weighted by atomic mass is 14.9. The zero-order valence-electron chi connectivity index (χ0n) is 10.5. The van der Waals surface area contributed by atoms with Gasteiger partial charge in [0, 0.05) is 29.6 Å². The number of rotatable bonds is 2. The minimum absolute atomic E-state index is 1.16. The number of hydrogen-bond acceptors (Lipinski definition) is 0. The van der Waals surface area contributed by atoms with Crippen molar-refractivity contribution in [3.8, 4) is 34.7 Å². The van der Waals surface area contributed by atoms with Crippen LogP contribution in [0.3, 0.4) is 0 Å². The first kappa shape index (κ1) is 11.4. The molecule has 0 amide bonds. The van der Waals surface area contributed by atoms with Crippen LogP contribution in [0.5, 0.6) is 0 Å². The lowest BCUT2D eigenvalue weighted by Gasteiger charge is -2.03. The molecule has 0 atom stereocenters. The number of benzene rings is 2. The Bertz CT molecular complexity index is 658. The summed E-state index contributed by atoms with van der Waals surface area (Å²) in [4.78, 5) is 0. The summed E-state index contributed by atoms with van der Waals surface area (Å²) in [7, 11) is 0. The van der Waals surface area contributed by atoms with E-state index < -0.39 is 0 Å². The van der Waals surface area contributed by atoms with Crippen LogP contribution < -0.4 is 0 Å². The first-order valence-corrected chi connectivity index (χ1v) is 6.18. The Balaban J connectivity index is 2.20. The molecule has 1 heteroatoms. The molecule has 0 fully saturated rings. The van der Waals surface area contributed by atoms with Gasteiger partial charge in [0.15, 0.2) is 0 Å². The summed E-state index contributed by atoms with van der Waals surface area (Å²) in [5.74, 6) is 0. The van der Waals surface area contributed by atoms with Crippen LogP contribution in [0.4, 0.5) is 0 Å². The molecule has 3 rings (SSSR count). The van der Waals surface area contributed by atoms with Gasteiger partial charge in [-0.25, -0.2) is 0 Å². The van der Waals surface area contributed by atoms with Gasteiger partial charge in [-0.2, -0.15) is 0 Å². The van der Waals surface area contributed by atoms with Gasteiger partial charge in [0.05, 0.1) is 0 Å². The van der Waals surface area contributed by atoms with Crippen LogP contribution in [0.1, 0.15) is 0 Å². The SMILES string of the molecule is C#Cn1cc(-c2ccccc2)c(-c2ccccc2)c1. The molecule has 0 N–H and O–H groups in total. The van der Waals surface area contributed by atoms with Gasteiger partial charge in [0.1, 0.15) is 0 Å². The number of nitrogens with zero attached hydrogens (tertiary/aromatic N) is 1. The summed E-state index contributed by atoms with van der Waals surface area (Å²) in [6.45, 7) is 0. The van der Waals surface area contributed by atoms with E-state index in [1.807, 2.05) is 48.8 Å². The molecule has 0 aliphatic carbocycles. The monoisotopic (exact) mass is 243 g/mol. The molecular formula is C18H13N. The Labute approximate surface area is 113 Å². The molecule has 1 heterocycles. The normalized spacial score (nSPS) is 10.1. The molecule has 0 spiro atoms. The van der Waals surface area contributed by atoms with Crippen LogP contribution in [0.2, 0.25) is 0 Å². The first-order valence-electron chi connectivity index (χ1n) is 6.18. The number of hydrogen-bond donors (Lipinski definition) is 0. The van der Waals surface area contributed by atoms with Gasteiger partial charge in [-0.05, 0) is 11.1 Å². The van der Waals surface area contributed by atoms with Crippen molar-refractivity contribution < 1.29 is 0 Å². The van der Waals surface area contributed by atoms with Crippen LogP contribution in [-0.2, 0) is 0 Å². The molecule has 0 unspecified atom stereocenters. The predicted molar refractivity (Wildman–Crippen MR) is 79.5 cm³/mol. The molecule has 0 radical (unpaired) electrons. The fourth-order valence-electron chi connectivity index (χ4n) is 2.22. The predicted octanol–water partition coefficient (Wildman–Crippen LogP) is 4.26. The van der Waals surface area contributed by atoms with E-state index >= 15 is 0 Å². The molecule has 3 aromatic rings. The van der Waals surface area contributed by atoms with Crippen LogP contribution >= 0.6 is 0 Å². The number of aromatic nitrogens is 1. The fraction of sp³-hybridized carbons (Fsp3) is 0. The second kappa shape index (κ2) is 4.88. The zero-order chi connectivity index (χ0) is 13.1. The average Bonchev–Trinajstić information content (AvgIpc) is 2.93. The van der Waals surface area contributed by atoms with Crippen molar-refractivity contribution in [3.63, 3.8) is 0 Å². The lowest BCUT2D eigenvalue weighted by molar-refractivity contribution is 1.15. The summed E-state index contributed by atoms with van der Waals surface area (Å²) in [5.41, 5.74) is 4.67. The second-order valence-electron chi connectivity index (χ2n) is 4.35. The van der Waals surface area contributed by atoms with Crippen LogP contribution in [0.15, 0.2) is 73.1 Å². The number of terminal acetylenes is 1. The molecule has 19 heavy (non-hydrogen) atoms. The van der Waals surface area contributed by atoms with E-state index in [-0.39, 0.29) is 0 Å². The Kier molecular flexibility index (Phi) is 2.92. The van der Waals surface area contributed by atoms with Crippen molar-refractivity contribution >= 4 is 0 Å². The first-order chi connectivity index (χ1) is 9.38. The highest BCUT2D eigenvalue weighted by Crippen LogP contribution is 2.32. The maximum absolute atomic E-state index is 5.50. The van der Waals surface area contributed by atoms with Gasteiger partial charge in [0.25, 0.3) is 0 Å². The van der Waals surface area contributed by atoms with E-state index in [1.165, 1.54) is 11.1 Å². The lowest BCUT2D eigenvalue weighted by Crippen LogP contribution is -1.78. The van der Waals surface area contributed by atoms with Crippen LogP contribution in [0, 0.1) is 12.5 Å². The second-order valence-corrected chi connectivity index (χ2v) is 4.35. The maximum atomic E-state index is 5.50. The van der Waals surface area contributed by atoms with E-state index in [0.29, 0.717) is 0 Å². The fourth-order valence-corrected chi connectivity index (χ4v) is 2.22. The summed E-state index contributed by atoms with van der Waals surface area (Å²) < 4.78 is 1.77. The average molecular weight is 243 g/mol.